The summed E-state index contributed by atoms with van der Waals surface area (Å²) >= 11 is 1.57. The molecule has 1 aliphatic rings. The van der Waals surface area contributed by atoms with Crippen LogP contribution in [0.15, 0.2) is 35.2 Å². The van der Waals surface area contributed by atoms with Crippen molar-refractivity contribution in [1.29, 1.82) is 0 Å². The number of aryl methyl sites for hydroxylation is 1. The van der Waals surface area contributed by atoms with E-state index in [1.807, 2.05) is 22.8 Å². The van der Waals surface area contributed by atoms with Crippen molar-refractivity contribution in [3.8, 4) is 0 Å². The number of hydrogen-bond donors (Lipinski definition) is 0. The average molecular weight is 314 g/mol. The molecule has 1 aliphatic carbocycles. The molecule has 0 bridgehead atoms. The summed E-state index contributed by atoms with van der Waals surface area (Å²) in [5.41, 5.74) is 4.85. The Labute approximate surface area is 136 Å². The van der Waals surface area contributed by atoms with Crippen LogP contribution in [-0.4, -0.2) is 22.8 Å². The zero-order valence-corrected chi connectivity index (χ0v) is 14.0. The van der Waals surface area contributed by atoms with Crippen molar-refractivity contribution in [2.45, 2.75) is 44.6 Å². The quantitative estimate of drug-likeness (QED) is 0.857. The Bertz CT molecular complexity index is 645. The smallest absolute Gasteiger partial charge is 0.233 e. The molecule has 1 saturated carbocycles. The lowest BCUT2D eigenvalue weighted by atomic mass is 9.77. The molecule has 0 saturated heterocycles. The first-order chi connectivity index (χ1) is 10.6. The molecule has 22 heavy (non-hydrogen) atoms. The van der Waals surface area contributed by atoms with Gasteiger partial charge in [0.15, 0.2) is 0 Å². The van der Waals surface area contributed by atoms with Gasteiger partial charge in [-0.15, -0.1) is 11.3 Å². The number of hydrogen-bond acceptors (Lipinski definition) is 3. The average Bonchev–Trinajstić information content (AvgIpc) is 3.18. The summed E-state index contributed by atoms with van der Waals surface area (Å²) in [6, 6.07) is 8.46. The Balaban J connectivity index is 1.88. The first kappa shape index (κ1) is 15.2. The summed E-state index contributed by atoms with van der Waals surface area (Å²) in [6.45, 7) is 2.69. The lowest BCUT2D eigenvalue weighted by Crippen LogP contribution is -2.43. The summed E-state index contributed by atoms with van der Waals surface area (Å²) in [7, 11) is 1.90. The highest BCUT2D eigenvalue weighted by atomic mass is 32.1. The van der Waals surface area contributed by atoms with E-state index in [9.17, 15) is 4.79 Å². The van der Waals surface area contributed by atoms with E-state index < -0.39 is 0 Å². The standard InChI is InChI=1S/C18H22N2OS/c1-14-6-5-7-15(10-14)18(8-3-4-9-18)17(21)20(2)11-16-12-22-13-19-16/h5-7,10,12-13H,3-4,8-9,11H2,1-2H3. The number of benzene rings is 1. The highest BCUT2D eigenvalue weighted by Crippen LogP contribution is 2.42. The van der Waals surface area contributed by atoms with Gasteiger partial charge in [-0.25, -0.2) is 4.98 Å². The van der Waals surface area contributed by atoms with Crippen molar-refractivity contribution in [3.63, 3.8) is 0 Å². The van der Waals surface area contributed by atoms with Gasteiger partial charge in [-0.05, 0) is 25.3 Å². The van der Waals surface area contributed by atoms with Crippen molar-refractivity contribution >= 4 is 17.2 Å². The summed E-state index contributed by atoms with van der Waals surface area (Å²) in [5, 5.41) is 2.01. The third kappa shape index (κ3) is 2.80. The molecule has 0 N–H and O–H groups in total. The van der Waals surface area contributed by atoms with Gasteiger partial charge < -0.3 is 4.90 Å². The fraction of sp³-hybridized carbons (Fsp3) is 0.444. The molecule has 3 nitrogen and oxygen atoms in total. The molecule has 1 aromatic heterocycles. The number of likely N-dealkylation sites (N-methyl/N-ethyl adjacent to an activating group) is 1. The zero-order valence-electron chi connectivity index (χ0n) is 13.2. The second-order valence-electron chi connectivity index (χ2n) is 6.30. The van der Waals surface area contributed by atoms with Crippen molar-refractivity contribution < 1.29 is 4.79 Å². The highest BCUT2D eigenvalue weighted by Gasteiger charge is 2.44. The highest BCUT2D eigenvalue weighted by molar-refractivity contribution is 7.07. The van der Waals surface area contributed by atoms with Gasteiger partial charge in [0, 0.05) is 12.4 Å². The normalized spacial score (nSPS) is 16.6. The summed E-state index contributed by atoms with van der Waals surface area (Å²) in [5.74, 6) is 0.239. The largest absolute Gasteiger partial charge is 0.339 e. The molecule has 1 heterocycles. The minimum Gasteiger partial charge on any atom is -0.339 e. The second-order valence-corrected chi connectivity index (χ2v) is 7.02. The number of carbonyl (C=O) groups is 1. The molecule has 2 aromatic rings. The van der Waals surface area contributed by atoms with Crippen molar-refractivity contribution in [2.75, 3.05) is 7.05 Å². The zero-order chi connectivity index (χ0) is 15.6. The van der Waals surface area contributed by atoms with E-state index in [1.54, 1.807) is 11.3 Å². The van der Waals surface area contributed by atoms with Crippen LogP contribution in [0.4, 0.5) is 0 Å². The van der Waals surface area contributed by atoms with Crippen LogP contribution >= 0.6 is 11.3 Å². The Morgan fingerprint density at radius 3 is 2.77 bits per heavy atom. The lowest BCUT2D eigenvalue weighted by molar-refractivity contribution is -0.136. The summed E-state index contributed by atoms with van der Waals surface area (Å²) in [4.78, 5) is 19.4. The van der Waals surface area contributed by atoms with E-state index in [2.05, 4.69) is 36.2 Å². The number of carbonyl (C=O) groups excluding carboxylic acids is 1. The maximum Gasteiger partial charge on any atom is 0.233 e. The molecule has 0 aliphatic heterocycles. The topological polar surface area (TPSA) is 33.2 Å². The molecule has 3 rings (SSSR count). The van der Waals surface area contributed by atoms with E-state index >= 15 is 0 Å². The predicted molar refractivity (Wildman–Crippen MR) is 89.9 cm³/mol. The van der Waals surface area contributed by atoms with E-state index in [4.69, 9.17) is 0 Å². The second kappa shape index (κ2) is 6.21. The van der Waals surface area contributed by atoms with Crippen LogP contribution in [-0.2, 0) is 16.8 Å². The molecular weight excluding hydrogens is 292 g/mol. The number of rotatable bonds is 4. The molecular formula is C18H22N2OS. The predicted octanol–water partition coefficient (Wildman–Crippen LogP) is 3.92. The number of aromatic nitrogens is 1. The number of thiazole rings is 1. The van der Waals surface area contributed by atoms with E-state index in [1.165, 1.54) is 11.1 Å². The van der Waals surface area contributed by atoms with E-state index in [0.717, 1.165) is 31.4 Å². The van der Waals surface area contributed by atoms with E-state index in [-0.39, 0.29) is 11.3 Å². The SMILES string of the molecule is Cc1cccc(C2(C(=O)N(C)Cc3cscn3)CCCC2)c1. The molecule has 0 unspecified atom stereocenters. The van der Waals surface area contributed by atoms with Gasteiger partial charge in [-0.3, -0.25) is 4.79 Å². The van der Waals surface area contributed by atoms with Crippen molar-refractivity contribution in [2.24, 2.45) is 0 Å². The third-order valence-electron chi connectivity index (χ3n) is 4.67. The Morgan fingerprint density at radius 1 is 1.36 bits per heavy atom. The maximum atomic E-state index is 13.2. The van der Waals surface area contributed by atoms with Gasteiger partial charge in [-0.2, -0.15) is 0 Å². The molecule has 1 amide bonds. The van der Waals surface area contributed by atoms with Gasteiger partial charge in [0.1, 0.15) is 0 Å². The first-order valence-corrected chi connectivity index (χ1v) is 8.76. The fourth-order valence-corrected chi connectivity index (χ4v) is 4.09. The van der Waals surface area contributed by atoms with Gasteiger partial charge in [0.2, 0.25) is 5.91 Å². The monoisotopic (exact) mass is 314 g/mol. The van der Waals surface area contributed by atoms with Crippen LogP contribution in [0.5, 0.6) is 0 Å². The van der Waals surface area contributed by atoms with Crippen molar-refractivity contribution in [3.05, 3.63) is 52.0 Å². The summed E-state index contributed by atoms with van der Waals surface area (Å²) < 4.78 is 0. The fourth-order valence-electron chi connectivity index (χ4n) is 3.54. The van der Waals surface area contributed by atoms with E-state index in [0.29, 0.717) is 6.54 Å². The minimum atomic E-state index is -0.337. The van der Waals surface area contributed by atoms with Crippen molar-refractivity contribution in [1.82, 2.24) is 9.88 Å². The van der Waals surface area contributed by atoms with Gasteiger partial charge in [-0.1, -0.05) is 42.7 Å². The molecule has 0 spiro atoms. The maximum absolute atomic E-state index is 13.2. The minimum absolute atomic E-state index is 0.239. The Morgan fingerprint density at radius 2 is 2.14 bits per heavy atom. The lowest BCUT2D eigenvalue weighted by Gasteiger charge is -2.33. The third-order valence-corrected chi connectivity index (χ3v) is 5.30. The molecule has 0 radical (unpaired) electrons. The molecule has 1 aromatic carbocycles. The molecule has 1 fully saturated rings. The molecule has 0 atom stereocenters. The van der Waals surface area contributed by atoms with Crippen LogP contribution in [0.3, 0.4) is 0 Å². The number of nitrogens with zero attached hydrogens (tertiary/aromatic N) is 2. The van der Waals surface area contributed by atoms with Gasteiger partial charge in [0.25, 0.3) is 0 Å². The first-order valence-electron chi connectivity index (χ1n) is 7.82. The van der Waals surface area contributed by atoms with Crippen LogP contribution < -0.4 is 0 Å². The van der Waals surface area contributed by atoms with Crippen LogP contribution in [0.1, 0.15) is 42.5 Å². The summed E-state index contributed by atoms with van der Waals surface area (Å²) in [6.07, 6.45) is 4.17. The Kier molecular flexibility index (Phi) is 4.30. The molecule has 116 valence electrons. The Hall–Kier alpha value is -1.68. The van der Waals surface area contributed by atoms with Gasteiger partial charge in [0.05, 0.1) is 23.2 Å². The molecule has 4 heteroatoms. The number of amides is 1. The van der Waals surface area contributed by atoms with Crippen LogP contribution in [0.2, 0.25) is 0 Å². The van der Waals surface area contributed by atoms with Crippen LogP contribution in [0.25, 0.3) is 0 Å². The van der Waals surface area contributed by atoms with Gasteiger partial charge >= 0.3 is 0 Å². The van der Waals surface area contributed by atoms with Crippen LogP contribution in [0, 0.1) is 6.92 Å².